The number of esters is 2. The molecular formula is C20H32ClNO5. The van der Waals surface area contributed by atoms with E-state index in [-0.39, 0.29) is 29.9 Å². The lowest BCUT2D eigenvalue weighted by Crippen LogP contribution is -2.29. The first kappa shape index (κ1) is 25.4. The first-order valence-corrected chi connectivity index (χ1v) is 8.71. The molecule has 1 aromatic carbocycles. The number of hydrogen-bond acceptors (Lipinski definition) is 6. The van der Waals surface area contributed by atoms with Gasteiger partial charge in [-0.3, -0.25) is 9.59 Å². The van der Waals surface area contributed by atoms with Crippen molar-refractivity contribution >= 4 is 24.3 Å². The fraction of sp³-hybridized carbons (Fsp3) is 0.600. The Balaban J connectivity index is 0.00000676. The number of rotatable bonds is 5. The van der Waals surface area contributed by atoms with Gasteiger partial charge in [-0.15, -0.1) is 12.4 Å². The summed E-state index contributed by atoms with van der Waals surface area (Å²) >= 11 is 0. The van der Waals surface area contributed by atoms with Crippen LogP contribution >= 0.6 is 12.4 Å². The normalized spacial score (nSPS) is 14.0. The van der Waals surface area contributed by atoms with Gasteiger partial charge in [-0.2, -0.15) is 0 Å². The molecule has 0 heterocycles. The molecule has 0 radical (unpaired) electrons. The molecule has 0 spiro atoms. The molecule has 0 aromatic heterocycles. The van der Waals surface area contributed by atoms with E-state index in [0.717, 1.165) is 0 Å². The fourth-order valence-corrected chi connectivity index (χ4v) is 1.83. The van der Waals surface area contributed by atoms with Crippen molar-refractivity contribution in [3.8, 4) is 11.5 Å². The molecule has 27 heavy (non-hydrogen) atoms. The molecule has 2 atom stereocenters. The van der Waals surface area contributed by atoms with Crippen LogP contribution in [0.4, 0.5) is 0 Å². The van der Waals surface area contributed by atoms with Gasteiger partial charge < -0.3 is 19.9 Å². The Morgan fingerprint density at radius 1 is 0.963 bits per heavy atom. The number of ether oxygens (including phenoxy) is 2. The number of likely N-dealkylation sites (N-methyl/N-ethyl adjacent to an activating group) is 1. The van der Waals surface area contributed by atoms with Crippen molar-refractivity contribution in [3.63, 3.8) is 0 Å². The minimum absolute atomic E-state index is 0. The molecule has 154 valence electrons. The number of hydrogen-bond donors (Lipinski definition) is 2. The van der Waals surface area contributed by atoms with E-state index in [1.54, 1.807) is 54.7 Å². The molecule has 2 N–H and O–H groups in total. The van der Waals surface area contributed by atoms with Crippen LogP contribution in [0.25, 0.3) is 0 Å². The zero-order valence-corrected chi connectivity index (χ0v) is 18.2. The molecule has 0 saturated carbocycles. The summed E-state index contributed by atoms with van der Waals surface area (Å²) in [5, 5.41) is 13.4. The predicted octanol–water partition coefficient (Wildman–Crippen LogP) is 3.65. The smallest absolute Gasteiger partial charge is 0.316 e. The summed E-state index contributed by atoms with van der Waals surface area (Å²) in [7, 11) is 1.74. The molecule has 0 saturated heterocycles. The minimum Gasteiger partial charge on any atom is -0.422 e. The van der Waals surface area contributed by atoms with E-state index < -0.39 is 28.9 Å². The Bertz CT molecular complexity index is 661. The Morgan fingerprint density at radius 2 is 1.41 bits per heavy atom. The molecule has 0 amide bonds. The van der Waals surface area contributed by atoms with E-state index in [9.17, 15) is 14.7 Å². The number of carbonyl (C=O) groups excluding carboxylic acids is 2. The van der Waals surface area contributed by atoms with Crippen LogP contribution < -0.4 is 14.8 Å². The Morgan fingerprint density at radius 3 is 1.81 bits per heavy atom. The van der Waals surface area contributed by atoms with Crippen LogP contribution in [0.1, 0.15) is 60.1 Å². The lowest BCUT2D eigenvalue weighted by molar-refractivity contribution is -0.145. The van der Waals surface area contributed by atoms with E-state index in [2.05, 4.69) is 5.32 Å². The summed E-state index contributed by atoms with van der Waals surface area (Å²) in [6, 6.07) is 4.52. The summed E-state index contributed by atoms with van der Waals surface area (Å²) in [5.74, 6) is -0.640. The van der Waals surface area contributed by atoms with Gasteiger partial charge in [0.05, 0.1) is 16.9 Å². The summed E-state index contributed by atoms with van der Waals surface area (Å²) in [6.45, 7) is 12.3. The number of benzene rings is 1. The van der Waals surface area contributed by atoms with Crippen LogP contribution in [-0.2, 0) is 9.59 Å². The van der Waals surface area contributed by atoms with Gasteiger partial charge >= 0.3 is 11.9 Å². The summed E-state index contributed by atoms with van der Waals surface area (Å²) < 4.78 is 10.9. The van der Waals surface area contributed by atoms with Crippen molar-refractivity contribution < 1.29 is 24.2 Å². The average Bonchev–Trinajstić information content (AvgIpc) is 2.52. The van der Waals surface area contributed by atoms with E-state index in [4.69, 9.17) is 9.47 Å². The van der Waals surface area contributed by atoms with E-state index in [0.29, 0.717) is 5.56 Å². The topological polar surface area (TPSA) is 84.9 Å². The molecule has 0 aliphatic heterocycles. The second-order valence-corrected chi connectivity index (χ2v) is 8.51. The number of aliphatic hydroxyl groups excluding tert-OH is 1. The lowest BCUT2D eigenvalue weighted by atomic mass is 9.97. The molecule has 1 rings (SSSR count). The van der Waals surface area contributed by atoms with Crippen LogP contribution in [0.3, 0.4) is 0 Å². The highest BCUT2D eigenvalue weighted by Gasteiger charge is 2.29. The molecule has 2 unspecified atom stereocenters. The second kappa shape index (κ2) is 9.53. The third kappa shape index (κ3) is 7.13. The molecule has 1 aromatic rings. The lowest BCUT2D eigenvalue weighted by Gasteiger charge is -2.23. The number of aliphatic hydroxyl groups is 1. The summed E-state index contributed by atoms with van der Waals surface area (Å²) in [6.07, 6.45) is -0.806. The fourth-order valence-electron chi connectivity index (χ4n) is 1.83. The largest absolute Gasteiger partial charge is 0.422 e. The maximum Gasteiger partial charge on any atom is 0.316 e. The highest BCUT2D eigenvalue weighted by molar-refractivity contribution is 5.85. The first-order chi connectivity index (χ1) is 11.8. The van der Waals surface area contributed by atoms with Gasteiger partial charge in [0.15, 0.2) is 11.5 Å². The van der Waals surface area contributed by atoms with Gasteiger partial charge in [0, 0.05) is 6.04 Å². The van der Waals surface area contributed by atoms with E-state index in [1.165, 1.54) is 12.1 Å². The van der Waals surface area contributed by atoms with Gasteiger partial charge in [0.2, 0.25) is 0 Å². The molecule has 0 aliphatic rings. The first-order valence-electron chi connectivity index (χ1n) is 8.71. The van der Waals surface area contributed by atoms with Crippen molar-refractivity contribution in [1.82, 2.24) is 5.32 Å². The van der Waals surface area contributed by atoms with Gasteiger partial charge in [0.1, 0.15) is 0 Å². The van der Waals surface area contributed by atoms with Crippen LogP contribution in [0.15, 0.2) is 18.2 Å². The Hall–Kier alpha value is -1.63. The quantitative estimate of drug-likeness (QED) is 0.578. The van der Waals surface area contributed by atoms with Gasteiger partial charge in [-0.1, -0.05) is 6.07 Å². The standard InChI is InChI=1S/C20H31NO5.ClH/c1-12(21-8)16(22)13-9-10-14(25-17(23)19(2,3)4)15(11-13)26-18(24)20(5,6)7;/h9-12,16,21-22H,1-8H3;1H. The molecular weight excluding hydrogens is 370 g/mol. The van der Waals surface area contributed by atoms with E-state index in [1.807, 2.05) is 6.92 Å². The molecule has 0 fully saturated rings. The van der Waals surface area contributed by atoms with Crippen LogP contribution in [0.2, 0.25) is 0 Å². The number of nitrogens with one attached hydrogen (secondary N) is 1. The van der Waals surface area contributed by atoms with Crippen molar-refractivity contribution in [1.29, 1.82) is 0 Å². The van der Waals surface area contributed by atoms with Crippen molar-refractivity contribution in [2.24, 2.45) is 10.8 Å². The number of halogens is 1. The maximum absolute atomic E-state index is 12.3. The monoisotopic (exact) mass is 401 g/mol. The zero-order chi connectivity index (χ0) is 20.3. The van der Waals surface area contributed by atoms with Crippen LogP contribution in [0, 0.1) is 10.8 Å². The van der Waals surface area contributed by atoms with Gasteiger partial charge in [0.25, 0.3) is 0 Å². The Labute approximate surface area is 168 Å². The van der Waals surface area contributed by atoms with Crippen LogP contribution in [0.5, 0.6) is 11.5 Å². The zero-order valence-electron chi connectivity index (χ0n) is 17.4. The second-order valence-electron chi connectivity index (χ2n) is 8.51. The van der Waals surface area contributed by atoms with Gasteiger partial charge in [-0.25, -0.2) is 0 Å². The molecule has 0 aliphatic carbocycles. The van der Waals surface area contributed by atoms with E-state index >= 15 is 0 Å². The SMILES string of the molecule is CNC(C)C(O)c1ccc(OC(=O)C(C)(C)C)c(OC(=O)C(C)(C)C)c1.Cl. The summed E-state index contributed by atoms with van der Waals surface area (Å²) in [5.41, 5.74) is -0.874. The molecule has 0 bridgehead atoms. The minimum atomic E-state index is -0.806. The molecule has 7 heteroatoms. The third-order valence-electron chi connectivity index (χ3n) is 3.87. The molecule has 6 nitrogen and oxygen atoms in total. The predicted molar refractivity (Wildman–Crippen MR) is 107 cm³/mol. The number of carbonyl (C=O) groups is 2. The van der Waals surface area contributed by atoms with Crippen molar-refractivity contribution in [3.05, 3.63) is 23.8 Å². The average molecular weight is 402 g/mol. The third-order valence-corrected chi connectivity index (χ3v) is 3.87. The maximum atomic E-state index is 12.3. The van der Waals surface area contributed by atoms with Crippen molar-refractivity contribution in [2.75, 3.05) is 7.05 Å². The highest BCUT2D eigenvalue weighted by atomic mass is 35.5. The Kier molecular flexibility index (Phi) is 8.96. The van der Waals surface area contributed by atoms with Crippen molar-refractivity contribution in [2.45, 2.75) is 60.6 Å². The van der Waals surface area contributed by atoms with Gasteiger partial charge in [-0.05, 0) is 73.2 Å². The highest BCUT2D eigenvalue weighted by Crippen LogP contribution is 2.34. The summed E-state index contributed by atoms with van der Waals surface area (Å²) in [4.78, 5) is 24.5. The van der Waals surface area contributed by atoms with Crippen LogP contribution in [-0.4, -0.2) is 30.1 Å².